The fourth-order valence-electron chi connectivity index (χ4n) is 4.32. The third-order valence-corrected chi connectivity index (χ3v) is 8.33. The topological polar surface area (TPSA) is 87.3 Å². The van der Waals surface area contributed by atoms with E-state index in [-0.39, 0.29) is 28.1 Å². The molecule has 37 heavy (non-hydrogen) atoms. The Balaban J connectivity index is 1.26. The normalized spacial score (nSPS) is 19.1. The van der Waals surface area contributed by atoms with Crippen LogP contribution in [0.1, 0.15) is 37.7 Å². The molecule has 0 unspecified atom stereocenters. The maximum Gasteiger partial charge on any atom is 0.283 e. The molecular formula is C26H23BrCl2N4O3S. The second-order valence-corrected chi connectivity index (χ2v) is 11.5. The van der Waals surface area contributed by atoms with Gasteiger partial charge < -0.3 is 9.47 Å². The van der Waals surface area contributed by atoms with Gasteiger partial charge in [-0.2, -0.15) is 15.1 Å². The lowest BCUT2D eigenvalue weighted by Crippen LogP contribution is -2.35. The Morgan fingerprint density at radius 1 is 1.08 bits per heavy atom. The van der Waals surface area contributed by atoms with Crippen LogP contribution in [0.2, 0.25) is 10.0 Å². The standard InChI is InChI=1S/C26H23BrCl2N4O3S/c27-17-6-8-18(9-7-17)35-10-11-36-22-20(28)13-15(14-21(22)29)12-19-23(30)33-26(31-24(19)34)37-25(32-33)16-4-2-1-3-5-16/h6-9,12-14,16,30H,1-5,10-11H2/b19-12-,30-23?. The molecule has 5 rings (SSSR count). The van der Waals surface area contributed by atoms with Crippen LogP contribution >= 0.6 is 50.9 Å². The van der Waals surface area contributed by atoms with E-state index in [0.29, 0.717) is 29.0 Å². The number of hydrazone groups is 1. The van der Waals surface area contributed by atoms with Gasteiger partial charge in [-0.05, 0) is 72.6 Å². The number of ether oxygens (including phenoxy) is 2. The van der Waals surface area contributed by atoms with Crippen molar-refractivity contribution in [3.63, 3.8) is 0 Å². The Hall–Kier alpha value is -2.33. The van der Waals surface area contributed by atoms with Crippen molar-refractivity contribution in [1.82, 2.24) is 5.01 Å². The number of hydrogen-bond acceptors (Lipinski definition) is 6. The van der Waals surface area contributed by atoms with Gasteiger partial charge in [0.15, 0.2) is 11.6 Å². The maximum absolute atomic E-state index is 12.8. The number of rotatable bonds is 7. The average molecular weight is 622 g/mol. The van der Waals surface area contributed by atoms with Crippen LogP contribution in [0.3, 0.4) is 0 Å². The quantitative estimate of drug-likeness (QED) is 0.257. The van der Waals surface area contributed by atoms with Crippen LogP contribution in [-0.4, -0.2) is 40.2 Å². The highest BCUT2D eigenvalue weighted by molar-refractivity contribution is 9.10. The highest BCUT2D eigenvalue weighted by atomic mass is 79.9. The summed E-state index contributed by atoms with van der Waals surface area (Å²) in [7, 11) is 0. The van der Waals surface area contributed by atoms with Gasteiger partial charge in [0.05, 0.1) is 15.6 Å². The first-order chi connectivity index (χ1) is 17.9. The summed E-state index contributed by atoms with van der Waals surface area (Å²) in [6.07, 6.45) is 7.32. The monoisotopic (exact) mass is 620 g/mol. The first-order valence-corrected chi connectivity index (χ1v) is 14.3. The van der Waals surface area contributed by atoms with Gasteiger partial charge >= 0.3 is 0 Å². The summed E-state index contributed by atoms with van der Waals surface area (Å²) in [5.41, 5.74) is 0.685. The van der Waals surface area contributed by atoms with E-state index < -0.39 is 5.91 Å². The van der Waals surface area contributed by atoms with E-state index in [4.69, 9.17) is 38.1 Å². The predicted molar refractivity (Wildman–Crippen MR) is 153 cm³/mol. The zero-order chi connectivity index (χ0) is 25.9. The van der Waals surface area contributed by atoms with Gasteiger partial charge in [-0.3, -0.25) is 10.2 Å². The molecule has 0 saturated heterocycles. The van der Waals surface area contributed by atoms with Gasteiger partial charge in [0.25, 0.3) is 5.91 Å². The second-order valence-electron chi connectivity index (χ2n) is 8.76. The lowest BCUT2D eigenvalue weighted by atomic mass is 9.90. The third-order valence-electron chi connectivity index (χ3n) is 6.17. The van der Waals surface area contributed by atoms with Crippen LogP contribution in [0.25, 0.3) is 6.08 Å². The Bertz CT molecular complexity index is 1300. The minimum atomic E-state index is -0.485. The summed E-state index contributed by atoms with van der Waals surface area (Å²) in [5, 5.41) is 16.7. The van der Waals surface area contributed by atoms with E-state index in [2.05, 4.69) is 26.0 Å². The summed E-state index contributed by atoms with van der Waals surface area (Å²) in [5.74, 6) is 0.927. The number of thioether (sulfide) groups is 1. The van der Waals surface area contributed by atoms with Crippen LogP contribution < -0.4 is 9.47 Å². The van der Waals surface area contributed by atoms with Gasteiger partial charge in [0, 0.05) is 10.4 Å². The van der Waals surface area contributed by atoms with Crippen molar-refractivity contribution < 1.29 is 14.3 Å². The highest BCUT2D eigenvalue weighted by Crippen LogP contribution is 2.38. The van der Waals surface area contributed by atoms with Gasteiger partial charge in [-0.25, -0.2) is 0 Å². The molecule has 0 bridgehead atoms. The molecule has 0 atom stereocenters. The zero-order valence-electron chi connectivity index (χ0n) is 19.7. The zero-order valence-corrected chi connectivity index (χ0v) is 23.6. The number of amides is 1. The van der Waals surface area contributed by atoms with Gasteiger partial charge in [0.2, 0.25) is 5.17 Å². The van der Waals surface area contributed by atoms with E-state index in [1.54, 1.807) is 18.2 Å². The summed E-state index contributed by atoms with van der Waals surface area (Å²) < 4.78 is 12.4. The van der Waals surface area contributed by atoms with E-state index >= 15 is 0 Å². The Kier molecular flexibility index (Phi) is 8.24. The fourth-order valence-corrected chi connectivity index (χ4v) is 6.26. The fraction of sp³-hybridized carbons (Fsp3) is 0.308. The second kappa shape index (κ2) is 11.6. The molecule has 0 aromatic heterocycles. The smallest absolute Gasteiger partial charge is 0.283 e. The molecule has 2 aromatic rings. The molecule has 1 amide bonds. The molecule has 1 fully saturated rings. The van der Waals surface area contributed by atoms with E-state index in [0.717, 1.165) is 28.1 Å². The molecule has 7 nitrogen and oxygen atoms in total. The molecule has 1 saturated carbocycles. The minimum Gasteiger partial charge on any atom is -0.490 e. The van der Waals surface area contributed by atoms with Crippen molar-refractivity contribution in [1.29, 1.82) is 5.41 Å². The molecule has 192 valence electrons. The number of amidine groups is 2. The first-order valence-electron chi connectivity index (χ1n) is 11.9. The molecular weight excluding hydrogens is 599 g/mol. The van der Waals surface area contributed by atoms with Crippen molar-refractivity contribution in [2.75, 3.05) is 13.2 Å². The summed E-state index contributed by atoms with van der Waals surface area (Å²) in [4.78, 5) is 17.0. The number of benzene rings is 2. The van der Waals surface area contributed by atoms with E-state index in [9.17, 15) is 4.79 Å². The van der Waals surface area contributed by atoms with Crippen molar-refractivity contribution in [2.24, 2.45) is 16.0 Å². The summed E-state index contributed by atoms with van der Waals surface area (Å²) >= 11 is 17.7. The molecule has 0 radical (unpaired) electrons. The van der Waals surface area contributed by atoms with Gasteiger partial charge in [0.1, 0.15) is 24.0 Å². The summed E-state index contributed by atoms with van der Waals surface area (Å²) in [6.45, 7) is 0.549. The number of carbonyl (C=O) groups excluding carboxylic acids is 1. The van der Waals surface area contributed by atoms with Crippen molar-refractivity contribution in [2.45, 2.75) is 32.1 Å². The number of fused-ring (bicyclic) bond motifs is 1. The van der Waals surface area contributed by atoms with Crippen LogP contribution in [0.5, 0.6) is 11.5 Å². The lowest BCUT2D eigenvalue weighted by Gasteiger charge is -2.20. The summed E-state index contributed by atoms with van der Waals surface area (Å²) in [6, 6.07) is 10.8. The minimum absolute atomic E-state index is 0.00836. The molecule has 0 spiro atoms. The van der Waals surface area contributed by atoms with Crippen LogP contribution in [0.15, 0.2) is 56.5 Å². The number of nitrogens with zero attached hydrogens (tertiary/aromatic N) is 3. The largest absolute Gasteiger partial charge is 0.490 e. The average Bonchev–Trinajstić information content (AvgIpc) is 3.31. The number of aliphatic imine (C=N–C) groups is 1. The number of nitrogens with one attached hydrogen (secondary N) is 1. The SMILES string of the molecule is N=C1/C(=C/c2cc(Cl)c(OCCOc3ccc(Br)cc3)c(Cl)c2)C(=O)N=C2SC(C3CCCCC3)=NN12. The van der Waals surface area contributed by atoms with Gasteiger partial charge in [-0.1, -0.05) is 58.4 Å². The van der Waals surface area contributed by atoms with Crippen LogP contribution in [-0.2, 0) is 4.79 Å². The number of halogens is 3. The lowest BCUT2D eigenvalue weighted by molar-refractivity contribution is -0.114. The Labute approximate surface area is 237 Å². The van der Waals surface area contributed by atoms with Crippen LogP contribution in [0.4, 0.5) is 0 Å². The molecule has 3 aliphatic rings. The first kappa shape index (κ1) is 26.3. The molecule has 2 heterocycles. The van der Waals surface area contributed by atoms with E-state index in [1.807, 2.05) is 24.3 Å². The van der Waals surface area contributed by atoms with E-state index in [1.165, 1.54) is 36.0 Å². The van der Waals surface area contributed by atoms with Crippen LogP contribution in [0, 0.1) is 11.3 Å². The Morgan fingerprint density at radius 2 is 1.76 bits per heavy atom. The van der Waals surface area contributed by atoms with Crippen molar-refractivity contribution in [3.05, 3.63) is 62.1 Å². The number of hydrogen-bond donors (Lipinski definition) is 1. The van der Waals surface area contributed by atoms with Crippen molar-refractivity contribution in [3.8, 4) is 11.5 Å². The van der Waals surface area contributed by atoms with Crippen molar-refractivity contribution >= 4 is 78.9 Å². The molecule has 11 heteroatoms. The number of carbonyl (C=O) groups is 1. The van der Waals surface area contributed by atoms with Gasteiger partial charge in [-0.15, -0.1) is 0 Å². The molecule has 1 N–H and O–H groups in total. The molecule has 2 aromatic carbocycles. The molecule has 1 aliphatic carbocycles. The Morgan fingerprint density at radius 3 is 2.46 bits per heavy atom. The molecule has 2 aliphatic heterocycles. The third kappa shape index (κ3) is 6.06. The maximum atomic E-state index is 12.8. The predicted octanol–water partition coefficient (Wildman–Crippen LogP) is 7.41. The highest BCUT2D eigenvalue weighted by Gasteiger charge is 2.38.